The maximum Gasteiger partial charge on any atom is 0.327 e. The van der Waals surface area contributed by atoms with Crippen LogP contribution in [-0.4, -0.2) is 66.3 Å². The maximum absolute atomic E-state index is 12.2. The first-order valence-electron chi connectivity index (χ1n) is 10.1. The molecule has 1 saturated heterocycles. The van der Waals surface area contributed by atoms with Crippen molar-refractivity contribution in [1.82, 2.24) is 10.2 Å². The summed E-state index contributed by atoms with van der Waals surface area (Å²) >= 11 is 0. The van der Waals surface area contributed by atoms with Crippen molar-refractivity contribution >= 4 is 24.0 Å². The quantitative estimate of drug-likeness (QED) is 0.465. The highest BCUT2D eigenvalue weighted by atomic mass is 16.4. The van der Waals surface area contributed by atoms with Gasteiger partial charge in [0.15, 0.2) is 0 Å². The smallest absolute Gasteiger partial charge is 0.327 e. The number of benzene rings is 2. The number of carbonyl (C=O) groups is 3. The van der Waals surface area contributed by atoms with Crippen molar-refractivity contribution in [2.24, 2.45) is 0 Å². The molecule has 3 N–H and O–H groups in total. The van der Waals surface area contributed by atoms with Gasteiger partial charge >= 0.3 is 5.97 Å². The van der Waals surface area contributed by atoms with E-state index in [1.807, 2.05) is 55.5 Å². The fourth-order valence-corrected chi connectivity index (χ4v) is 3.06. The molecule has 1 aliphatic rings. The number of nitrogens with zero attached hydrogens (tertiary/aromatic N) is 3. The van der Waals surface area contributed by atoms with Crippen molar-refractivity contribution < 1.29 is 24.6 Å². The second-order valence-corrected chi connectivity index (χ2v) is 6.92. The number of carboxylic acid groups (broad SMARTS) is 2. The Balaban J connectivity index is 0.000000591. The van der Waals surface area contributed by atoms with Crippen molar-refractivity contribution in [1.29, 1.82) is 5.26 Å². The fraction of sp³-hybridized carbons (Fsp3) is 0.250. The molecule has 0 atom stereocenters. The van der Waals surface area contributed by atoms with Crippen LogP contribution in [0.5, 0.6) is 0 Å². The highest BCUT2D eigenvalue weighted by molar-refractivity contribution is 5.94. The summed E-state index contributed by atoms with van der Waals surface area (Å²) in [6, 6.07) is 17.6. The van der Waals surface area contributed by atoms with Gasteiger partial charge in [-0.05, 0) is 31.2 Å². The van der Waals surface area contributed by atoms with Gasteiger partial charge in [-0.3, -0.25) is 14.5 Å². The van der Waals surface area contributed by atoms with E-state index in [4.69, 9.17) is 15.0 Å². The van der Waals surface area contributed by atoms with E-state index in [0.717, 1.165) is 43.5 Å². The molecule has 9 nitrogen and oxygen atoms in total. The zero-order valence-electron chi connectivity index (χ0n) is 18.5. The molecule has 33 heavy (non-hydrogen) atoms. The van der Waals surface area contributed by atoms with E-state index in [-0.39, 0.29) is 12.4 Å². The van der Waals surface area contributed by atoms with E-state index >= 15 is 0 Å². The highest BCUT2D eigenvalue weighted by Gasteiger charge is 2.19. The van der Waals surface area contributed by atoms with Gasteiger partial charge in [-0.25, -0.2) is 4.79 Å². The van der Waals surface area contributed by atoms with E-state index in [9.17, 15) is 14.9 Å². The van der Waals surface area contributed by atoms with Crippen LogP contribution in [0.25, 0.3) is 0 Å². The molecule has 0 saturated carbocycles. The molecule has 9 heteroatoms. The largest absolute Gasteiger partial charge is 0.483 e. The fourth-order valence-electron chi connectivity index (χ4n) is 3.06. The summed E-state index contributed by atoms with van der Waals surface area (Å²) in [4.78, 5) is 34.3. The summed E-state index contributed by atoms with van der Waals surface area (Å²) in [5.74, 6) is -1.02. The Morgan fingerprint density at radius 1 is 1.15 bits per heavy atom. The van der Waals surface area contributed by atoms with Gasteiger partial charge in [0, 0.05) is 37.8 Å². The Morgan fingerprint density at radius 3 is 2.30 bits per heavy atom. The molecule has 1 heterocycles. The van der Waals surface area contributed by atoms with Crippen LogP contribution in [0.4, 0.5) is 5.69 Å². The number of amides is 1. The van der Waals surface area contributed by atoms with Gasteiger partial charge < -0.3 is 20.4 Å². The normalized spacial score (nSPS) is 12.5. The van der Waals surface area contributed by atoms with Crippen LogP contribution in [0, 0.1) is 18.3 Å². The molecule has 0 radical (unpaired) electrons. The number of aryl methyl sites for hydroxylation is 1. The zero-order valence-corrected chi connectivity index (χ0v) is 18.5. The highest BCUT2D eigenvalue weighted by Crippen LogP contribution is 2.20. The number of nitriles is 1. The Labute approximate surface area is 193 Å². The Hall–Kier alpha value is -4.16. The number of para-hydroxylation sites is 1. The van der Waals surface area contributed by atoms with Crippen LogP contribution in [0.15, 0.2) is 61.2 Å². The summed E-state index contributed by atoms with van der Waals surface area (Å²) in [5, 5.41) is 26.7. The average molecular weight is 453 g/mol. The first-order valence-corrected chi connectivity index (χ1v) is 10.1. The van der Waals surface area contributed by atoms with Gasteiger partial charge in [0.05, 0.1) is 17.9 Å². The second-order valence-electron chi connectivity index (χ2n) is 6.92. The van der Waals surface area contributed by atoms with Crippen molar-refractivity contribution in [2.45, 2.75) is 6.92 Å². The van der Waals surface area contributed by atoms with Crippen LogP contribution in [0.1, 0.15) is 21.5 Å². The predicted molar refractivity (Wildman–Crippen MR) is 125 cm³/mol. The summed E-state index contributed by atoms with van der Waals surface area (Å²) in [6.07, 6.45) is 0.833. The number of aliphatic carboxylic acids is 1. The van der Waals surface area contributed by atoms with Gasteiger partial charge in [0.1, 0.15) is 6.07 Å². The van der Waals surface area contributed by atoms with Crippen LogP contribution >= 0.6 is 0 Å². The molecule has 0 spiro atoms. The second kappa shape index (κ2) is 14.8. The number of carboxylic acids is 1. The molecule has 1 aliphatic heterocycles. The van der Waals surface area contributed by atoms with Crippen LogP contribution in [-0.2, 0) is 9.59 Å². The van der Waals surface area contributed by atoms with Gasteiger partial charge in [-0.1, -0.05) is 36.4 Å². The third kappa shape index (κ3) is 9.67. The lowest BCUT2D eigenvalue weighted by Gasteiger charge is -2.36. The number of piperazine rings is 1. The molecule has 2 aromatic carbocycles. The molecule has 2 aromatic rings. The Bertz CT molecular complexity index is 979. The third-order valence-corrected chi connectivity index (χ3v) is 4.66. The number of rotatable bonds is 5. The van der Waals surface area contributed by atoms with E-state index in [2.05, 4.69) is 27.8 Å². The molecule has 3 rings (SSSR count). The van der Waals surface area contributed by atoms with Crippen molar-refractivity contribution in [2.75, 3.05) is 37.7 Å². The van der Waals surface area contributed by atoms with Crippen molar-refractivity contribution in [3.05, 3.63) is 77.9 Å². The lowest BCUT2D eigenvalue weighted by molar-refractivity contribution is -0.131. The monoisotopic (exact) mass is 452 g/mol. The first-order chi connectivity index (χ1) is 15.9. The third-order valence-electron chi connectivity index (χ3n) is 4.66. The zero-order chi connectivity index (χ0) is 24.6. The standard InChI is InChI=1S/C20H22N4O.C3H4O2.CH2O2/c1-16-5-4-7-17(13-16)20(25)22-15-23-9-11-24(12-10-23)19-8-3-2-6-18(19)14-21;1-2-3(4)5;2-1-3/h2-8,13H,9-12,15H2,1H3,(H,22,25);2H,1H2,(H,4,5);1H,(H,2,3). The summed E-state index contributed by atoms with van der Waals surface area (Å²) in [5.41, 5.74) is 3.48. The lowest BCUT2D eigenvalue weighted by atomic mass is 10.1. The number of hydrogen-bond donors (Lipinski definition) is 3. The van der Waals surface area contributed by atoms with Gasteiger partial charge in [0.25, 0.3) is 12.4 Å². The molecule has 0 bridgehead atoms. The molecular formula is C24H28N4O5. The molecule has 174 valence electrons. The van der Waals surface area contributed by atoms with E-state index in [1.165, 1.54) is 0 Å². The molecule has 1 fully saturated rings. The van der Waals surface area contributed by atoms with Crippen LogP contribution in [0.3, 0.4) is 0 Å². The van der Waals surface area contributed by atoms with Gasteiger partial charge in [-0.2, -0.15) is 5.26 Å². The molecule has 0 aromatic heterocycles. The SMILES string of the molecule is C=CC(=O)O.Cc1cccc(C(=O)NCN2CCN(c3ccccc3C#N)CC2)c1.O=CO. The molecular weight excluding hydrogens is 424 g/mol. The number of nitrogens with one attached hydrogen (secondary N) is 1. The number of anilines is 1. The molecule has 1 amide bonds. The molecule has 0 unspecified atom stereocenters. The predicted octanol–water partition coefficient (Wildman–Crippen LogP) is 2.33. The Morgan fingerprint density at radius 2 is 1.76 bits per heavy atom. The minimum absolute atomic E-state index is 0.0408. The summed E-state index contributed by atoms with van der Waals surface area (Å²) in [6.45, 7) is 8.64. The van der Waals surface area contributed by atoms with Crippen molar-refractivity contribution in [3.63, 3.8) is 0 Å². The minimum atomic E-state index is -0.981. The maximum atomic E-state index is 12.2. The van der Waals surface area contributed by atoms with E-state index < -0.39 is 5.97 Å². The van der Waals surface area contributed by atoms with Gasteiger partial charge in [0.2, 0.25) is 0 Å². The van der Waals surface area contributed by atoms with Crippen LogP contribution < -0.4 is 10.2 Å². The van der Waals surface area contributed by atoms with Gasteiger partial charge in [-0.15, -0.1) is 0 Å². The minimum Gasteiger partial charge on any atom is -0.483 e. The van der Waals surface area contributed by atoms with E-state index in [0.29, 0.717) is 17.8 Å². The van der Waals surface area contributed by atoms with Crippen molar-refractivity contribution in [3.8, 4) is 6.07 Å². The van der Waals surface area contributed by atoms with Crippen LogP contribution in [0.2, 0.25) is 0 Å². The molecule has 0 aliphatic carbocycles. The Kier molecular flexibility index (Phi) is 12.0. The van der Waals surface area contributed by atoms with E-state index in [1.54, 1.807) is 0 Å². The lowest BCUT2D eigenvalue weighted by Crippen LogP contribution is -2.50. The number of hydrogen-bond acceptors (Lipinski definition) is 6. The summed E-state index contributed by atoms with van der Waals surface area (Å²) in [7, 11) is 0. The topological polar surface area (TPSA) is 134 Å². The average Bonchev–Trinajstić information content (AvgIpc) is 2.83. The first kappa shape index (κ1) is 26.9. The number of carbonyl (C=O) groups excluding carboxylic acids is 1. The summed E-state index contributed by atoms with van der Waals surface area (Å²) < 4.78 is 0.